The summed E-state index contributed by atoms with van der Waals surface area (Å²) in [6.07, 6.45) is 0. The lowest BCUT2D eigenvalue weighted by Gasteiger charge is -2.32. The molecule has 1 aromatic carbocycles. The molecule has 106 valence electrons. The summed E-state index contributed by atoms with van der Waals surface area (Å²) in [5.41, 5.74) is 11.2. The average molecular weight is 276 g/mol. The van der Waals surface area contributed by atoms with Crippen molar-refractivity contribution in [3.8, 4) is 5.75 Å². The molecule has 0 fully saturated rings. The van der Waals surface area contributed by atoms with Gasteiger partial charge in [0.05, 0.1) is 5.69 Å². The Balaban J connectivity index is 2.46. The van der Waals surface area contributed by atoms with Gasteiger partial charge in [-0.3, -0.25) is 9.59 Å². The highest BCUT2D eigenvalue weighted by Gasteiger charge is 2.28. The van der Waals surface area contributed by atoms with Gasteiger partial charge in [-0.25, -0.2) is 0 Å². The van der Waals surface area contributed by atoms with Gasteiger partial charge in [-0.1, -0.05) is 0 Å². The number of guanidine groups is 1. The highest BCUT2D eigenvalue weighted by Crippen LogP contribution is 2.34. The third kappa shape index (κ3) is 2.56. The van der Waals surface area contributed by atoms with Crippen LogP contribution in [0.4, 0.5) is 5.69 Å². The van der Waals surface area contributed by atoms with Crippen molar-refractivity contribution in [3.63, 3.8) is 0 Å². The molecular weight excluding hydrogens is 260 g/mol. The van der Waals surface area contributed by atoms with Crippen molar-refractivity contribution in [1.82, 2.24) is 0 Å². The van der Waals surface area contributed by atoms with E-state index < -0.39 is 5.91 Å². The number of aliphatic imine (C=N–C) groups is 1. The van der Waals surface area contributed by atoms with Gasteiger partial charge in [-0.15, -0.1) is 0 Å². The molecule has 0 aliphatic carbocycles. The average Bonchev–Trinajstić information content (AvgIpc) is 2.36. The summed E-state index contributed by atoms with van der Waals surface area (Å²) in [7, 11) is 0. The number of fused-ring (bicyclic) bond motifs is 1. The molecule has 0 bridgehead atoms. The number of carbonyl (C=O) groups is 2. The molecule has 0 saturated heterocycles. The van der Waals surface area contributed by atoms with Crippen molar-refractivity contribution in [2.45, 2.75) is 19.9 Å². The molecule has 1 aliphatic rings. The summed E-state index contributed by atoms with van der Waals surface area (Å²) < 4.78 is 5.34. The van der Waals surface area contributed by atoms with E-state index in [1.54, 1.807) is 23.1 Å². The Bertz CT molecular complexity index is 591. The minimum absolute atomic E-state index is 0.00757. The Labute approximate surface area is 116 Å². The number of ether oxygens (including phenoxy) is 1. The van der Waals surface area contributed by atoms with E-state index >= 15 is 0 Å². The molecule has 7 heteroatoms. The molecule has 0 unspecified atom stereocenters. The summed E-state index contributed by atoms with van der Waals surface area (Å²) in [6.45, 7) is 3.77. The summed E-state index contributed by atoms with van der Waals surface area (Å²) in [5, 5.41) is 0. The fourth-order valence-electron chi connectivity index (χ4n) is 2.05. The molecule has 2 amide bonds. The van der Waals surface area contributed by atoms with Gasteiger partial charge in [-0.05, 0) is 32.0 Å². The van der Waals surface area contributed by atoms with Gasteiger partial charge in [0.1, 0.15) is 5.75 Å². The van der Waals surface area contributed by atoms with E-state index in [-0.39, 0.29) is 24.5 Å². The van der Waals surface area contributed by atoms with Crippen LogP contribution in [0.3, 0.4) is 0 Å². The summed E-state index contributed by atoms with van der Waals surface area (Å²) in [6, 6.07) is 4.70. The third-order valence-electron chi connectivity index (χ3n) is 2.83. The Morgan fingerprint density at radius 1 is 1.40 bits per heavy atom. The standard InChI is InChI=1S/C13H16N4O3/c1-7(2)17-9-5-8(12(19)16-13(14)15)3-4-10(9)20-6-11(17)18/h3-5,7H,6H2,1-2H3,(H4,14,15,16,19). The third-order valence-corrected chi connectivity index (χ3v) is 2.83. The van der Waals surface area contributed by atoms with E-state index in [1.165, 1.54) is 0 Å². The predicted molar refractivity (Wildman–Crippen MR) is 74.7 cm³/mol. The quantitative estimate of drug-likeness (QED) is 0.593. The van der Waals surface area contributed by atoms with Crippen LogP contribution in [0.5, 0.6) is 5.75 Å². The minimum Gasteiger partial charge on any atom is -0.482 e. The molecule has 1 aromatic rings. The summed E-state index contributed by atoms with van der Waals surface area (Å²) in [5.74, 6) is -0.464. The monoisotopic (exact) mass is 276 g/mol. The largest absolute Gasteiger partial charge is 0.482 e. The van der Waals surface area contributed by atoms with Crippen molar-refractivity contribution in [2.24, 2.45) is 16.5 Å². The first-order valence-corrected chi connectivity index (χ1v) is 6.13. The Hall–Kier alpha value is -2.57. The van der Waals surface area contributed by atoms with Gasteiger partial charge in [0.15, 0.2) is 12.6 Å². The second kappa shape index (κ2) is 5.20. The molecule has 7 nitrogen and oxygen atoms in total. The first kappa shape index (κ1) is 13.9. The first-order chi connectivity index (χ1) is 9.40. The molecule has 0 spiro atoms. The van der Waals surface area contributed by atoms with Crippen LogP contribution in [0, 0.1) is 0 Å². The van der Waals surface area contributed by atoms with Crippen LogP contribution in [0.2, 0.25) is 0 Å². The number of amides is 2. The van der Waals surface area contributed by atoms with Crippen molar-refractivity contribution in [3.05, 3.63) is 23.8 Å². The lowest BCUT2D eigenvalue weighted by molar-refractivity contribution is -0.121. The van der Waals surface area contributed by atoms with Crippen LogP contribution in [-0.2, 0) is 4.79 Å². The number of carbonyl (C=O) groups excluding carboxylic acids is 2. The van der Waals surface area contributed by atoms with Crippen LogP contribution in [0.15, 0.2) is 23.2 Å². The Kier molecular flexibility index (Phi) is 3.60. The number of benzene rings is 1. The van der Waals surface area contributed by atoms with E-state index in [0.29, 0.717) is 17.0 Å². The molecule has 0 radical (unpaired) electrons. The van der Waals surface area contributed by atoms with E-state index in [4.69, 9.17) is 16.2 Å². The highest BCUT2D eigenvalue weighted by molar-refractivity contribution is 6.04. The van der Waals surface area contributed by atoms with Crippen LogP contribution < -0.4 is 21.1 Å². The van der Waals surface area contributed by atoms with Crippen LogP contribution >= 0.6 is 0 Å². The number of anilines is 1. The fraction of sp³-hybridized carbons (Fsp3) is 0.308. The maximum atomic E-state index is 11.9. The topological polar surface area (TPSA) is 111 Å². The molecule has 0 aromatic heterocycles. The molecule has 1 aliphatic heterocycles. The van der Waals surface area contributed by atoms with Crippen LogP contribution in [0.1, 0.15) is 24.2 Å². The van der Waals surface area contributed by atoms with Gasteiger partial charge in [-0.2, -0.15) is 4.99 Å². The van der Waals surface area contributed by atoms with Crippen LogP contribution in [0.25, 0.3) is 0 Å². The zero-order valence-electron chi connectivity index (χ0n) is 11.3. The van der Waals surface area contributed by atoms with Gasteiger partial charge in [0.25, 0.3) is 11.8 Å². The number of nitrogens with two attached hydrogens (primary N) is 2. The van der Waals surface area contributed by atoms with Gasteiger partial charge in [0.2, 0.25) is 0 Å². The predicted octanol–water partition coefficient (Wildman–Crippen LogP) is 0.234. The van der Waals surface area contributed by atoms with Crippen molar-refractivity contribution in [2.75, 3.05) is 11.5 Å². The van der Waals surface area contributed by atoms with Gasteiger partial charge >= 0.3 is 0 Å². The SMILES string of the molecule is CC(C)N1C(=O)COc2ccc(C(=O)N=C(N)N)cc21. The molecule has 4 N–H and O–H groups in total. The smallest absolute Gasteiger partial charge is 0.280 e. The maximum Gasteiger partial charge on any atom is 0.280 e. The van der Waals surface area contributed by atoms with Gasteiger partial charge in [0, 0.05) is 11.6 Å². The highest BCUT2D eigenvalue weighted by atomic mass is 16.5. The number of hydrogen-bond donors (Lipinski definition) is 2. The summed E-state index contributed by atoms with van der Waals surface area (Å²) in [4.78, 5) is 28.8. The molecule has 0 atom stereocenters. The lowest BCUT2D eigenvalue weighted by Crippen LogP contribution is -2.43. The molecule has 0 saturated carbocycles. The zero-order valence-corrected chi connectivity index (χ0v) is 11.3. The minimum atomic E-state index is -0.561. The van der Waals surface area contributed by atoms with Gasteiger partial charge < -0.3 is 21.1 Å². The molecule has 20 heavy (non-hydrogen) atoms. The molecule has 1 heterocycles. The zero-order chi connectivity index (χ0) is 14.9. The number of hydrogen-bond acceptors (Lipinski definition) is 3. The Morgan fingerprint density at radius 2 is 2.10 bits per heavy atom. The second-order valence-electron chi connectivity index (χ2n) is 4.67. The summed E-state index contributed by atoms with van der Waals surface area (Å²) >= 11 is 0. The Morgan fingerprint density at radius 3 is 2.70 bits per heavy atom. The first-order valence-electron chi connectivity index (χ1n) is 6.13. The fourth-order valence-corrected chi connectivity index (χ4v) is 2.05. The molecule has 2 rings (SSSR count). The van der Waals surface area contributed by atoms with Crippen molar-refractivity contribution in [1.29, 1.82) is 0 Å². The van der Waals surface area contributed by atoms with Crippen LogP contribution in [-0.4, -0.2) is 30.4 Å². The van der Waals surface area contributed by atoms with Crippen molar-refractivity contribution >= 4 is 23.5 Å². The van der Waals surface area contributed by atoms with E-state index in [1.807, 2.05) is 13.8 Å². The van der Waals surface area contributed by atoms with E-state index in [9.17, 15) is 9.59 Å². The number of rotatable bonds is 2. The molecular formula is C13H16N4O3. The number of nitrogens with zero attached hydrogens (tertiary/aromatic N) is 2. The lowest BCUT2D eigenvalue weighted by atomic mass is 10.1. The van der Waals surface area contributed by atoms with E-state index in [2.05, 4.69) is 4.99 Å². The van der Waals surface area contributed by atoms with Crippen molar-refractivity contribution < 1.29 is 14.3 Å². The van der Waals surface area contributed by atoms with E-state index in [0.717, 1.165) is 0 Å². The maximum absolute atomic E-state index is 11.9. The normalized spacial score (nSPS) is 13.8. The second-order valence-corrected chi connectivity index (χ2v) is 4.67.